The minimum Gasteiger partial charge on any atom is -0.508 e. The summed E-state index contributed by atoms with van der Waals surface area (Å²) >= 11 is 0. The van der Waals surface area contributed by atoms with Crippen LogP contribution in [-0.4, -0.2) is 10.2 Å². The van der Waals surface area contributed by atoms with Gasteiger partial charge in [-0.2, -0.15) is 0 Å². The zero-order valence-electron chi connectivity index (χ0n) is 7.68. The smallest absolute Gasteiger partial charge is 0.122 e. The molecule has 12 heavy (non-hydrogen) atoms. The lowest BCUT2D eigenvalue weighted by molar-refractivity contribution is 0.443. The van der Waals surface area contributed by atoms with Crippen LogP contribution < -0.4 is 0 Å². The summed E-state index contributed by atoms with van der Waals surface area (Å²) in [4.78, 5) is 0. The highest BCUT2D eigenvalue weighted by molar-refractivity contribution is 5.50. The normalized spacial score (nSPS) is 10.2. The maximum atomic E-state index is 9.38. The third-order valence-electron chi connectivity index (χ3n) is 2.30. The van der Waals surface area contributed by atoms with E-state index in [2.05, 4.69) is 0 Å². The summed E-state index contributed by atoms with van der Waals surface area (Å²) < 4.78 is 0. The molecule has 0 aliphatic carbocycles. The van der Waals surface area contributed by atoms with E-state index in [0.717, 1.165) is 23.1 Å². The number of phenolic OH excluding ortho intramolecular Hbond substituents is 2. The molecule has 2 nitrogen and oxygen atoms in total. The van der Waals surface area contributed by atoms with E-state index in [0.29, 0.717) is 0 Å². The summed E-state index contributed by atoms with van der Waals surface area (Å²) in [5.41, 5.74) is 2.77. The Hall–Kier alpha value is -1.18. The van der Waals surface area contributed by atoms with E-state index < -0.39 is 0 Å². The van der Waals surface area contributed by atoms with Crippen molar-refractivity contribution in [3.05, 3.63) is 22.8 Å². The molecule has 0 saturated heterocycles. The molecule has 0 aliphatic heterocycles. The van der Waals surface area contributed by atoms with Gasteiger partial charge in [0.2, 0.25) is 0 Å². The summed E-state index contributed by atoms with van der Waals surface area (Å²) in [6, 6.07) is 1.39. The molecule has 1 rings (SSSR count). The standard InChI is InChI=1S/C10H14O2/c1-4-8-6(2)9(11)5-10(12)7(8)3/h5,11-12H,4H2,1-3H3. The first-order valence-corrected chi connectivity index (χ1v) is 4.09. The largest absolute Gasteiger partial charge is 0.508 e. The Morgan fingerprint density at radius 3 is 1.83 bits per heavy atom. The Morgan fingerprint density at radius 2 is 1.50 bits per heavy atom. The highest BCUT2D eigenvalue weighted by atomic mass is 16.3. The average Bonchev–Trinajstić information content (AvgIpc) is 2.02. The number of aromatic hydroxyl groups is 2. The first-order chi connectivity index (χ1) is 5.57. The van der Waals surface area contributed by atoms with E-state index >= 15 is 0 Å². The maximum Gasteiger partial charge on any atom is 0.122 e. The van der Waals surface area contributed by atoms with E-state index in [1.54, 1.807) is 0 Å². The first-order valence-electron chi connectivity index (χ1n) is 4.09. The molecule has 1 aromatic rings. The van der Waals surface area contributed by atoms with Crippen molar-refractivity contribution in [3.63, 3.8) is 0 Å². The molecular weight excluding hydrogens is 152 g/mol. The van der Waals surface area contributed by atoms with Crippen LogP contribution in [0.2, 0.25) is 0 Å². The lowest BCUT2D eigenvalue weighted by Gasteiger charge is -2.10. The van der Waals surface area contributed by atoms with Crippen LogP contribution in [0.15, 0.2) is 6.07 Å². The summed E-state index contributed by atoms with van der Waals surface area (Å²) in [6.07, 6.45) is 0.833. The summed E-state index contributed by atoms with van der Waals surface area (Å²) in [5, 5.41) is 18.8. The Bertz CT molecular complexity index is 277. The quantitative estimate of drug-likeness (QED) is 0.672. The fraction of sp³-hybridized carbons (Fsp3) is 0.400. The lowest BCUT2D eigenvalue weighted by atomic mass is 9.99. The number of hydrogen-bond acceptors (Lipinski definition) is 2. The molecule has 0 spiro atoms. The van der Waals surface area contributed by atoms with E-state index in [-0.39, 0.29) is 11.5 Å². The third kappa shape index (κ3) is 1.24. The van der Waals surface area contributed by atoms with Crippen molar-refractivity contribution in [1.29, 1.82) is 0 Å². The van der Waals surface area contributed by atoms with E-state index in [9.17, 15) is 10.2 Å². The van der Waals surface area contributed by atoms with Crippen molar-refractivity contribution in [2.45, 2.75) is 27.2 Å². The number of phenols is 2. The molecular formula is C10H14O2. The fourth-order valence-electron chi connectivity index (χ4n) is 1.47. The van der Waals surface area contributed by atoms with Crippen LogP contribution >= 0.6 is 0 Å². The molecule has 0 amide bonds. The van der Waals surface area contributed by atoms with Crippen LogP contribution in [0.4, 0.5) is 0 Å². The SMILES string of the molecule is CCc1c(C)c(O)cc(O)c1C. The number of benzene rings is 1. The van der Waals surface area contributed by atoms with Gasteiger partial charge < -0.3 is 10.2 Å². The Morgan fingerprint density at radius 1 is 1.08 bits per heavy atom. The average molecular weight is 166 g/mol. The van der Waals surface area contributed by atoms with Gasteiger partial charge in [0.1, 0.15) is 11.5 Å². The van der Waals surface area contributed by atoms with Crippen molar-refractivity contribution >= 4 is 0 Å². The zero-order chi connectivity index (χ0) is 9.30. The molecule has 0 unspecified atom stereocenters. The molecule has 2 N–H and O–H groups in total. The Balaban J connectivity index is 3.42. The monoisotopic (exact) mass is 166 g/mol. The van der Waals surface area contributed by atoms with Gasteiger partial charge in [0.05, 0.1) is 0 Å². The van der Waals surface area contributed by atoms with Gasteiger partial charge in [0.25, 0.3) is 0 Å². The van der Waals surface area contributed by atoms with Gasteiger partial charge in [-0.15, -0.1) is 0 Å². The van der Waals surface area contributed by atoms with Crippen LogP contribution in [0.25, 0.3) is 0 Å². The second-order valence-electron chi connectivity index (χ2n) is 3.00. The zero-order valence-corrected chi connectivity index (χ0v) is 7.68. The van der Waals surface area contributed by atoms with Crippen LogP contribution in [0.3, 0.4) is 0 Å². The maximum absolute atomic E-state index is 9.38. The minimum atomic E-state index is 0.176. The van der Waals surface area contributed by atoms with Gasteiger partial charge in [-0.05, 0) is 37.0 Å². The van der Waals surface area contributed by atoms with Gasteiger partial charge in [0, 0.05) is 6.07 Å². The molecule has 0 aliphatic rings. The third-order valence-corrected chi connectivity index (χ3v) is 2.30. The van der Waals surface area contributed by atoms with Gasteiger partial charge in [-0.3, -0.25) is 0 Å². The van der Waals surface area contributed by atoms with Crippen LogP contribution in [0, 0.1) is 13.8 Å². The second kappa shape index (κ2) is 3.05. The fourth-order valence-corrected chi connectivity index (χ4v) is 1.47. The molecule has 0 aromatic heterocycles. The van der Waals surface area contributed by atoms with Crippen molar-refractivity contribution in [2.75, 3.05) is 0 Å². The predicted molar refractivity (Wildman–Crippen MR) is 48.6 cm³/mol. The second-order valence-corrected chi connectivity index (χ2v) is 3.00. The van der Waals surface area contributed by atoms with Crippen LogP contribution in [-0.2, 0) is 6.42 Å². The topological polar surface area (TPSA) is 40.5 Å². The summed E-state index contributed by atoms with van der Waals surface area (Å²) in [5.74, 6) is 0.352. The molecule has 0 atom stereocenters. The van der Waals surface area contributed by atoms with Gasteiger partial charge in [-0.1, -0.05) is 6.92 Å². The van der Waals surface area contributed by atoms with E-state index in [1.807, 2.05) is 20.8 Å². The molecule has 0 radical (unpaired) electrons. The van der Waals surface area contributed by atoms with E-state index in [4.69, 9.17) is 0 Å². The van der Waals surface area contributed by atoms with Crippen molar-refractivity contribution in [3.8, 4) is 11.5 Å². The lowest BCUT2D eigenvalue weighted by Crippen LogP contribution is -1.92. The van der Waals surface area contributed by atoms with Gasteiger partial charge in [-0.25, -0.2) is 0 Å². The molecule has 66 valence electrons. The van der Waals surface area contributed by atoms with Crippen molar-refractivity contribution in [1.82, 2.24) is 0 Å². The molecule has 0 bridgehead atoms. The van der Waals surface area contributed by atoms with Crippen molar-refractivity contribution in [2.24, 2.45) is 0 Å². The van der Waals surface area contributed by atoms with Crippen molar-refractivity contribution < 1.29 is 10.2 Å². The number of hydrogen-bond donors (Lipinski definition) is 2. The van der Waals surface area contributed by atoms with Gasteiger partial charge >= 0.3 is 0 Å². The van der Waals surface area contributed by atoms with E-state index in [1.165, 1.54) is 6.07 Å². The highest BCUT2D eigenvalue weighted by Gasteiger charge is 2.09. The summed E-state index contributed by atoms with van der Waals surface area (Å²) in [7, 11) is 0. The first kappa shape index (κ1) is 8.91. The number of rotatable bonds is 1. The minimum absolute atomic E-state index is 0.176. The van der Waals surface area contributed by atoms with Crippen LogP contribution in [0.1, 0.15) is 23.6 Å². The molecule has 1 aromatic carbocycles. The van der Waals surface area contributed by atoms with Gasteiger partial charge in [0.15, 0.2) is 0 Å². The molecule has 0 saturated carbocycles. The highest BCUT2D eigenvalue weighted by Crippen LogP contribution is 2.31. The van der Waals surface area contributed by atoms with Crippen LogP contribution in [0.5, 0.6) is 11.5 Å². The molecule has 0 fully saturated rings. The Labute approximate surface area is 72.5 Å². The Kier molecular flexibility index (Phi) is 2.27. The predicted octanol–water partition coefficient (Wildman–Crippen LogP) is 2.28. The summed E-state index contributed by atoms with van der Waals surface area (Å²) in [6.45, 7) is 5.73. The molecule has 2 heteroatoms. The molecule has 0 heterocycles.